The second kappa shape index (κ2) is 6.32. The molecule has 0 bridgehead atoms. The van der Waals surface area contributed by atoms with Gasteiger partial charge in [0.1, 0.15) is 16.1 Å². The molecule has 1 N–H and O–H groups in total. The summed E-state index contributed by atoms with van der Waals surface area (Å²) in [5.74, 6) is 0.0322. The maximum absolute atomic E-state index is 12.9. The molecule has 0 spiro atoms. The highest BCUT2D eigenvalue weighted by molar-refractivity contribution is 7.98. The summed E-state index contributed by atoms with van der Waals surface area (Å²) in [6.45, 7) is 5.11. The molecule has 2 heterocycles. The first-order valence-electron chi connectivity index (χ1n) is 6.81. The molecule has 6 nitrogen and oxygen atoms in total. The maximum atomic E-state index is 12.9. The van der Waals surface area contributed by atoms with Crippen LogP contribution in [0.4, 0.5) is 24.8 Å². The third-order valence-electron chi connectivity index (χ3n) is 3.24. The van der Waals surface area contributed by atoms with Gasteiger partial charge >= 0.3 is 6.18 Å². The summed E-state index contributed by atoms with van der Waals surface area (Å²) >= 11 is 0.889. The smallest absolute Gasteiger partial charge is 0.321 e. The number of alkyl halides is 3. The molecule has 0 amide bonds. The fourth-order valence-electron chi connectivity index (χ4n) is 1.82. The molecule has 0 radical (unpaired) electrons. The third kappa shape index (κ3) is 3.62. The van der Waals surface area contributed by atoms with Gasteiger partial charge in [-0.15, -0.1) is 11.8 Å². The first kappa shape index (κ1) is 18.1. The molecule has 0 saturated heterocycles. The molecule has 2 aromatic rings. The van der Waals surface area contributed by atoms with E-state index in [2.05, 4.69) is 26.5 Å². The minimum Gasteiger partial charge on any atom is -0.321 e. The Hall–Kier alpha value is -2.28. The Morgan fingerprint density at radius 3 is 2.54 bits per heavy atom. The van der Waals surface area contributed by atoms with Gasteiger partial charge in [0.15, 0.2) is 0 Å². The molecule has 0 aliphatic heterocycles. The van der Waals surface area contributed by atoms with E-state index >= 15 is 0 Å². The number of nitrogens with one attached hydrogen (secondary N) is 1. The predicted octanol–water partition coefficient (Wildman–Crippen LogP) is 3.72. The monoisotopic (exact) mass is 356 g/mol. The molecular weight excluding hydrogens is 341 g/mol. The Morgan fingerprint density at radius 1 is 1.33 bits per heavy atom. The molecule has 128 valence electrons. The van der Waals surface area contributed by atoms with Crippen molar-refractivity contribution < 1.29 is 13.2 Å². The molecule has 0 atom stereocenters. The van der Waals surface area contributed by atoms with Crippen molar-refractivity contribution in [2.24, 2.45) is 0 Å². The van der Waals surface area contributed by atoms with Crippen LogP contribution in [-0.4, -0.2) is 26.0 Å². The predicted molar refractivity (Wildman–Crippen MR) is 84.0 cm³/mol. The van der Waals surface area contributed by atoms with Gasteiger partial charge in [0.25, 0.3) is 0 Å². The van der Waals surface area contributed by atoms with Crippen LogP contribution in [0.3, 0.4) is 0 Å². The van der Waals surface area contributed by atoms with Crippen molar-refractivity contribution in [3.05, 3.63) is 23.7 Å². The second-order valence-electron chi connectivity index (χ2n) is 5.48. The number of aryl methyl sites for hydroxylation is 1. The fourth-order valence-corrected chi connectivity index (χ4v) is 2.38. The fraction of sp³-hybridized carbons (Fsp3) is 0.429. The quantitative estimate of drug-likeness (QED) is 0.664. The second-order valence-corrected chi connectivity index (χ2v) is 6.28. The van der Waals surface area contributed by atoms with Crippen LogP contribution in [0, 0.1) is 18.3 Å². The molecular formula is C14H15F3N6S. The van der Waals surface area contributed by atoms with E-state index in [9.17, 15) is 13.2 Å². The molecule has 0 aliphatic carbocycles. The van der Waals surface area contributed by atoms with E-state index in [4.69, 9.17) is 5.26 Å². The lowest BCUT2D eigenvalue weighted by Crippen LogP contribution is -2.24. The minimum absolute atomic E-state index is 0.0322. The molecule has 2 aromatic heterocycles. The average Bonchev–Trinajstić information content (AvgIpc) is 2.88. The lowest BCUT2D eigenvalue weighted by atomic mass is 10.1. The van der Waals surface area contributed by atoms with Crippen LogP contribution in [0.25, 0.3) is 0 Å². The largest absolute Gasteiger partial charge is 0.420 e. The Balaban J connectivity index is 2.35. The zero-order valence-electron chi connectivity index (χ0n) is 13.4. The van der Waals surface area contributed by atoms with Crippen LogP contribution in [0.15, 0.2) is 17.4 Å². The highest BCUT2D eigenvalue weighted by Crippen LogP contribution is 2.35. The summed E-state index contributed by atoms with van der Waals surface area (Å²) in [5, 5.41) is 16.1. The summed E-state index contributed by atoms with van der Waals surface area (Å²) in [5.41, 5.74) is -0.632. The number of rotatable bonds is 4. The Bertz CT molecular complexity index is 791. The Morgan fingerprint density at radius 2 is 2.00 bits per heavy atom. The summed E-state index contributed by atoms with van der Waals surface area (Å²) in [6, 6.07) is 2.12. The lowest BCUT2D eigenvalue weighted by molar-refractivity contribution is -0.140. The van der Waals surface area contributed by atoms with Crippen molar-refractivity contribution in [2.45, 2.75) is 37.5 Å². The number of hydrogen-bond donors (Lipinski definition) is 1. The van der Waals surface area contributed by atoms with E-state index in [1.807, 2.05) is 0 Å². The number of anilines is 2. The number of thioether (sulfide) groups is 1. The van der Waals surface area contributed by atoms with E-state index in [-0.39, 0.29) is 11.0 Å². The SMILES string of the molecule is CSc1nc(Nc2cn(C(C)(C)C#N)nc2C)ncc1C(F)(F)F. The zero-order chi connectivity index (χ0) is 18.1. The first-order chi connectivity index (χ1) is 11.1. The number of aromatic nitrogens is 4. The van der Waals surface area contributed by atoms with E-state index in [0.29, 0.717) is 11.4 Å². The van der Waals surface area contributed by atoms with Crippen LogP contribution < -0.4 is 5.32 Å². The van der Waals surface area contributed by atoms with Gasteiger partial charge in [-0.1, -0.05) is 0 Å². The molecule has 0 aromatic carbocycles. The van der Waals surface area contributed by atoms with Crippen molar-refractivity contribution in [1.29, 1.82) is 5.26 Å². The average molecular weight is 356 g/mol. The molecule has 2 rings (SSSR count). The van der Waals surface area contributed by atoms with E-state index < -0.39 is 17.3 Å². The van der Waals surface area contributed by atoms with Gasteiger partial charge in [-0.05, 0) is 27.0 Å². The van der Waals surface area contributed by atoms with E-state index in [1.165, 1.54) is 10.9 Å². The Labute approximate surface area is 141 Å². The van der Waals surface area contributed by atoms with E-state index in [1.54, 1.807) is 27.0 Å². The summed E-state index contributed by atoms with van der Waals surface area (Å²) in [4.78, 5) is 7.63. The highest BCUT2D eigenvalue weighted by Gasteiger charge is 2.35. The standard InChI is InChI=1S/C14H15F3N6S/c1-8-10(6-23(22-8)13(2,3)7-18)20-12-19-5-9(14(15,16)17)11(21-12)24-4/h5-6H,1-4H3,(H,19,20,21). The summed E-state index contributed by atoms with van der Waals surface area (Å²) in [7, 11) is 0. The number of nitrogens with zero attached hydrogens (tertiary/aromatic N) is 5. The molecule has 24 heavy (non-hydrogen) atoms. The van der Waals surface area contributed by atoms with Crippen LogP contribution in [-0.2, 0) is 11.7 Å². The topological polar surface area (TPSA) is 79.4 Å². The van der Waals surface area contributed by atoms with E-state index in [0.717, 1.165) is 18.0 Å². The summed E-state index contributed by atoms with van der Waals surface area (Å²) < 4.78 is 40.1. The third-order valence-corrected chi connectivity index (χ3v) is 3.94. The van der Waals surface area contributed by atoms with Crippen molar-refractivity contribution in [1.82, 2.24) is 19.7 Å². The Kier molecular flexibility index (Phi) is 4.75. The van der Waals surface area contributed by atoms with Gasteiger partial charge in [0.2, 0.25) is 5.95 Å². The van der Waals surface area contributed by atoms with Gasteiger partial charge in [-0.3, -0.25) is 4.68 Å². The van der Waals surface area contributed by atoms with Crippen molar-refractivity contribution >= 4 is 23.4 Å². The van der Waals surface area contributed by atoms with Gasteiger partial charge in [-0.25, -0.2) is 9.97 Å². The first-order valence-corrected chi connectivity index (χ1v) is 8.04. The molecule has 0 saturated carbocycles. The number of halogens is 3. The maximum Gasteiger partial charge on any atom is 0.420 e. The number of hydrogen-bond acceptors (Lipinski definition) is 6. The van der Waals surface area contributed by atoms with Crippen LogP contribution in [0.1, 0.15) is 25.1 Å². The number of nitriles is 1. The molecule has 0 fully saturated rings. The van der Waals surface area contributed by atoms with Crippen LogP contribution in [0.5, 0.6) is 0 Å². The van der Waals surface area contributed by atoms with Gasteiger partial charge < -0.3 is 5.32 Å². The molecule has 10 heteroatoms. The van der Waals surface area contributed by atoms with Gasteiger partial charge in [-0.2, -0.15) is 23.5 Å². The van der Waals surface area contributed by atoms with Gasteiger partial charge in [0, 0.05) is 6.20 Å². The zero-order valence-corrected chi connectivity index (χ0v) is 14.2. The summed E-state index contributed by atoms with van der Waals surface area (Å²) in [6.07, 6.45) is -0.646. The van der Waals surface area contributed by atoms with Crippen molar-refractivity contribution in [2.75, 3.05) is 11.6 Å². The minimum atomic E-state index is -4.51. The molecule has 0 unspecified atom stereocenters. The van der Waals surface area contributed by atoms with Crippen molar-refractivity contribution in [3.63, 3.8) is 0 Å². The highest BCUT2D eigenvalue weighted by atomic mass is 32.2. The molecule has 0 aliphatic rings. The lowest BCUT2D eigenvalue weighted by Gasteiger charge is -2.15. The van der Waals surface area contributed by atoms with Crippen LogP contribution >= 0.6 is 11.8 Å². The normalized spacial score (nSPS) is 12.1. The van der Waals surface area contributed by atoms with Gasteiger partial charge in [0.05, 0.1) is 23.6 Å². The van der Waals surface area contributed by atoms with Crippen molar-refractivity contribution in [3.8, 4) is 6.07 Å². The van der Waals surface area contributed by atoms with Crippen LogP contribution in [0.2, 0.25) is 0 Å².